The molecule has 1 aromatic carbocycles. The number of nitrogen functional groups attached to an aromatic ring is 1. The number of anilines is 2. The highest BCUT2D eigenvalue weighted by atomic mass is 19.2. The van der Waals surface area contributed by atoms with E-state index in [-0.39, 0.29) is 17.3 Å². The van der Waals surface area contributed by atoms with Crippen molar-refractivity contribution in [3.05, 3.63) is 53.7 Å². The van der Waals surface area contributed by atoms with E-state index < -0.39 is 11.6 Å². The fraction of sp³-hybridized carbons (Fsp3) is 0.143. The van der Waals surface area contributed by atoms with Crippen LogP contribution in [0, 0.1) is 11.6 Å². The summed E-state index contributed by atoms with van der Waals surface area (Å²) in [5, 5.41) is 4.29. The summed E-state index contributed by atoms with van der Waals surface area (Å²) in [7, 11) is 0. The zero-order valence-corrected chi connectivity index (χ0v) is 12.3. The number of rotatable bonds is 2. The van der Waals surface area contributed by atoms with Gasteiger partial charge in [0.15, 0.2) is 17.5 Å². The molecule has 0 unspecified atom stereocenters. The van der Waals surface area contributed by atoms with Crippen molar-refractivity contribution in [3.8, 4) is 0 Å². The average molecular weight is 308 g/mol. The summed E-state index contributed by atoms with van der Waals surface area (Å²) >= 11 is 0. The number of nitrogens with two attached hydrogens (primary N) is 3. The van der Waals surface area contributed by atoms with Gasteiger partial charge in [-0.05, 0) is 24.3 Å². The third-order valence-electron chi connectivity index (χ3n) is 2.62. The van der Waals surface area contributed by atoms with Crippen molar-refractivity contribution in [1.82, 2.24) is 4.98 Å². The van der Waals surface area contributed by atoms with E-state index in [0.717, 1.165) is 11.1 Å². The summed E-state index contributed by atoms with van der Waals surface area (Å²) in [4.78, 5) is 3.86. The highest BCUT2D eigenvalue weighted by molar-refractivity contribution is 6.11. The van der Waals surface area contributed by atoms with Crippen LogP contribution in [0.15, 0.2) is 41.6 Å². The van der Waals surface area contributed by atoms with E-state index in [2.05, 4.69) is 10.1 Å². The summed E-state index contributed by atoms with van der Waals surface area (Å²) in [5.41, 5.74) is 5.77. The van der Waals surface area contributed by atoms with Crippen LogP contribution in [0.3, 0.4) is 0 Å². The van der Waals surface area contributed by atoms with Crippen molar-refractivity contribution in [2.45, 2.75) is 13.8 Å². The quantitative estimate of drug-likeness (QED) is 0.340. The highest BCUT2D eigenvalue weighted by Crippen LogP contribution is 2.22. The second-order valence-corrected chi connectivity index (χ2v) is 3.83. The minimum Gasteiger partial charge on any atom is -0.383 e. The number of hydrazine groups is 1. The largest absolute Gasteiger partial charge is 0.383 e. The number of hydrogen-bond acceptors (Lipinski definition) is 5. The smallest absolute Gasteiger partial charge is 0.183 e. The van der Waals surface area contributed by atoms with Gasteiger partial charge in [0, 0.05) is 6.20 Å². The predicted octanol–water partition coefficient (Wildman–Crippen LogP) is 1.97. The van der Waals surface area contributed by atoms with Crippen LogP contribution in [0.25, 0.3) is 0 Å². The summed E-state index contributed by atoms with van der Waals surface area (Å²) in [5.74, 6) is 8.95. The number of hydrazone groups is 1. The third-order valence-corrected chi connectivity index (χ3v) is 2.62. The molecule has 118 valence electrons. The van der Waals surface area contributed by atoms with E-state index in [1.165, 1.54) is 18.3 Å². The molecule has 2 aromatic rings. The molecule has 0 aliphatic carbocycles. The van der Waals surface area contributed by atoms with Gasteiger partial charge in [0.1, 0.15) is 5.82 Å². The lowest BCUT2D eigenvalue weighted by atomic mass is 10.2. The zero-order chi connectivity index (χ0) is 16.7. The Morgan fingerprint density at radius 3 is 2.45 bits per heavy atom. The lowest BCUT2D eigenvalue weighted by Crippen LogP contribution is -2.40. The number of halogens is 2. The number of benzene rings is 1. The van der Waals surface area contributed by atoms with Gasteiger partial charge in [0.2, 0.25) is 0 Å². The molecule has 1 aromatic heterocycles. The van der Waals surface area contributed by atoms with Crippen LogP contribution in [-0.4, -0.2) is 10.8 Å². The predicted molar refractivity (Wildman–Crippen MR) is 83.7 cm³/mol. The molecule has 0 fully saturated rings. The molecule has 0 amide bonds. The van der Waals surface area contributed by atoms with Crippen molar-refractivity contribution in [2.75, 3.05) is 10.7 Å². The molecule has 0 spiro atoms. The lowest BCUT2D eigenvalue weighted by Gasteiger charge is -2.21. The molecule has 0 saturated heterocycles. The summed E-state index contributed by atoms with van der Waals surface area (Å²) in [6.45, 7) is 4.00. The van der Waals surface area contributed by atoms with E-state index in [9.17, 15) is 8.78 Å². The van der Waals surface area contributed by atoms with Crippen LogP contribution >= 0.6 is 0 Å². The van der Waals surface area contributed by atoms with Gasteiger partial charge in [0.25, 0.3) is 0 Å². The number of hydrogen-bond donors (Lipinski definition) is 3. The SMILES string of the molecule is CC.N/N=C(/c1cccnc1N)N(N)c1cccc(F)c1F. The van der Waals surface area contributed by atoms with Gasteiger partial charge in [-0.15, -0.1) is 0 Å². The maximum Gasteiger partial charge on any atom is 0.183 e. The van der Waals surface area contributed by atoms with Gasteiger partial charge >= 0.3 is 0 Å². The first-order valence-corrected chi connectivity index (χ1v) is 6.54. The van der Waals surface area contributed by atoms with Gasteiger partial charge in [0.05, 0.1) is 11.3 Å². The molecule has 0 atom stereocenters. The first kappa shape index (κ1) is 17.3. The fourth-order valence-electron chi connectivity index (χ4n) is 1.66. The number of nitrogens with zero attached hydrogens (tertiary/aromatic N) is 3. The monoisotopic (exact) mass is 308 g/mol. The standard InChI is InChI=1S/C12H12F2N6.C2H6/c13-8-4-1-5-9(10(8)14)20(17)12(19-16)7-3-2-6-18-11(7)15;1-2/h1-6H,16-17H2,(H2,15,18);1-2H3/b19-12-;. The van der Waals surface area contributed by atoms with Crippen LogP contribution in [0.4, 0.5) is 20.3 Å². The first-order valence-electron chi connectivity index (χ1n) is 6.54. The Bertz CT molecular complexity index is 660. The Labute approximate surface area is 127 Å². The molecule has 0 bridgehead atoms. The van der Waals surface area contributed by atoms with E-state index in [0.29, 0.717) is 5.56 Å². The Morgan fingerprint density at radius 1 is 1.18 bits per heavy atom. The minimum absolute atomic E-state index is 0.0416. The van der Waals surface area contributed by atoms with Gasteiger partial charge in [-0.2, -0.15) is 5.10 Å². The maximum atomic E-state index is 13.7. The van der Waals surface area contributed by atoms with Crippen LogP contribution in [0.5, 0.6) is 0 Å². The molecule has 8 heteroatoms. The second-order valence-electron chi connectivity index (χ2n) is 3.83. The van der Waals surface area contributed by atoms with Crippen molar-refractivity contribution in [3.63, 3.8) is 0 Å². The topological polar surface area (TPSA) is 107 Å². The first-order chi connectivity index (χ1) is 10.6. The van der Waals surface area contributed by atoms with Crippen molar-refractivity contribution < 1.29 is 8.78 Å². The van der Waals surface area contributed by atoms with Crippen LogP contribution < -0.4 is 22.4 Å². The van der Waals surface area contributed by atoms with E-state index in [1.54, 1.807) is 12.1 Å². The van der Waals surface area contributed by atoms with Crippen LogP contribution in [-0.2, 0) is 0 Å². The number of pyridine rings is 1. The van der Waals surface area contributed by atoms with E-state index >= 15 is 0 Å². The third kappa shape index (κ3) is 3.47. The Morgan fingerprint density at radius 2 is 1.86 bits per heavy atom. The van der Waals surface area contributed by atoms with Gasteiger partial charge in [-0.25, -0.2) is 19.6 Å². The van der Waals surface area contributed by atoms with E-state index in [4.69, 9.17) is 17.4 Å². The van der Waals surface area contributed by atoms with E-state index in [1.807, 2.05) is 13.8 Å². The normalized spacial score (nSPS) is 10.7. The second kappa shape index (κ2) is 7.89. The molecule has 0 saturated carbocycles. The molecule has 2 rings (SSSR count). The lowest BCUT2D eigenvalue weighted by molar-refractivity contribution is 0.509. The molecule has 6 nitrogen and oxygen atoms in total. The summed E-state index contributed by atoms with van der Waals surface area (Å²) < 4.78 is 26.9. The molecule has 0 radical (unpaired) electrons. The van der Waals surface area contributed by atoms with Gasteiger partial charge in [-0.1, -0.05) is 19.9 Å². The molecule has 0 aliphatic rings. The molecular formula is C14H18F2N6. The summed E-state index contributed by atoms with van der Waals surface area (Å²) in [6.07, 6.45) is 1.47. The average Bonchev–Trinajstić information content (AvgIpc) is 2.54. The Hall–Kier alpha value is -2.74. The minimum atomic E-state index is -1.11. The van der Waals surface area contributed by atoms with Crippen LogP contribution in [0.1, 0.15) is 19.4 Å². The molecule has 0 aliphatic heterocycles. The number of aromatic nitrogens is 1. The zero-order valence-electron chi connectivity index (χ0n) is 12.3. The molecule has 6 N–H and O–H groups in total. The molecular weight excluding hydrogens is 290 g/mol. The van der Waals surface area contributed by atoms with Gasteiger partial charge < -0.3 is 11.6 Å². The van der Waals surface area contributed by atoms with Crippen LogP contribution in [0.2, 0.25) is 0 Å². The Balaban J connectivity index is 0.00000116. The fourth-order valence-corrected chi connectivity index (χ4v) is 1.66. The molecule has 1 heterocycles. The Kier molecular flexibility index (Phi) is 6.21. The summed E-state index contributed by atoms with van der Waals surface area (Å²) in [6, 6.07) is 6.73. The highest BCUT2D eigenvalue weighted by Gasteiger charge is 2.20. The maximum absolute atomic E-state index is 13.7. The van der Waals surface area contributed by atoms with Crippen molar-refractivity contribution in [2.24, 2.45) is 16.8 Å². The molecule has 22 heavy (non-hydrogen) atoms. The van der Waals surface area contributed by atoms with Crippen molar-refractivity contribution >= 4 is 17.3 Å². The van der Waals surface area contributed by atoms with Gasteiger partial charge in [-0.3, -0.25) is 5.01 Å². The number of amidine groups is 1. The van der Waals surface area contributed by atoms with Crippen molar-refractivity contribution in [1.29, 1.82) is 0 Å².